The molecule has 0 aromatic carbocycles. The monoisotopic (exact) mass is 669 g/mol. The summed E-state index contributed by atoms with van der Waals surface area (Å²) < 4.78 is 15.4. The van der Waals surface area contributed by atoms with Crippen molar-refractivity contribution in [3.8, 4) is 0 Å². The van der Waals surface area contributed by atoms with E-state index in [4.69, 9.17) is 15.2 Å². The molecule has 6 rings (SSSR count). The van der Waals surface area contributed by atoms with Crippen molar-refractivity contribution in [2.75, 3.05) is 19.8 Å². The summed E-state index contributed by atoms with van der Waals surface area (Å²) in [5.74, 6) is 0.873. The first-order chi connectivity index (χ1) is 22.3. The highest BCUT2D eigenvalue weighted by Crippen LogP contribution is 2.75. The lowest BCUT2D eigenvalue weighted by molar-refractivity contribution is -0.253. The first-order valence-electron chi connectivity index (χ1n) is 18.6. The maximum Gasteiger partial charge on any atom is 0.307 e. The number of aliphatic carboxylic acids is 1. The summed E-state index contributed by atoms with van der Waals surface area (Å²) >= 11 is 0. The van der Waals surface area contributed by atoms with Gasteiger partial charge in [0.2, 0.25) is 0 Å². The van der Waals surface area contributed by atoms with Gasteiger partial charge in [-0.05, 0) is 102 Å². The SMILES string of the molecule is CC(C)[C@@H](C)[C@@]1(C)CC[C@]2(C)[C@H]3CC[C@@H]4[C@@]5(COC[C@@]4(C)[C@@H](OC[C@](C)(N)C(C)C)[C@H](n4nnnc4CO)C5)C3=CC[C@@]2(C)C1C(=O)O. The van der Waals surface area contributed by atoms with Gasteiger partial charge >= 0.3 is 5.97 Å². The van der Waals surface area contributed by atoms with Crippen LogP contribution in [0.4, 0.5) is 0 Å². The minimum Gasteiger partial charge on any atom is -0.481 e. The fourth-order valence-electron chi connectivity index (χ4n) is 12.1. The maximum atomic E-state index is 13.4. The predicted octanol–water partition coefficient (Wildman–Crippen LogP) is 6.05. The molecule has 270 valence electrons. The molecule has 1 saturated heterocycles. The fraction of sp³-hybridized carbons (Fsp3) is 0.895. The highest BCUT2D eigenvalue weighted by molar-refractivity contribution is 5.73. The van der Waals surface area contributed by atoms with Crippen molar-refractivity contribution in [3.63, 3.8) is 0 Å². The van der Waals surface area contributed by atoms with Crippen molar-refractivity contribution < 1.29 is 24.5 Å². The number of fused-ring (bicyclic) bond motifs is 3. The van der Waals surface area contributed by atoms with Crippen LogP contribution < -0.4 is 5.73 Å². The van der Waals surface area contributed by atoms with E-state index in [-0.39, 0.29) is 57.7 Å². The molecule has 4 fully saturated rings. The summed E-state index contributed by atoms with van der Waals surface area (Å²) in [6.45, 7) is 23.7. The minimum absolute atomic E-state index is 0.170. The molecule has 2 bridgehead atoms. The van der Waals surface area contributed by atoms with Crippen LogP contribution in [0.5, 0.6) is 0 Å². The molecule has 0 spiro atoms. The van der Waals surface area contributed by atoms with E-state index < -0.39 is 17.4 Å². The van der Waals surface area contributed by atoms with Gasteiger partial charge in [0.15, 0.2) is 5.82 Å². The molecule has 1 aliphatic heterocycles. The van der Waals surface area contributed by atoms with E-state index in [2.05, 4.69) is 83.9 Å². The lowest BCUT2D eigenvalue weighted by atomic mass is 9.34. The Hall–Kier alpha value is -1.88. The second kappa shape index (κ2) is 11.8. The van der Waals surface area contributed by atoms with E-state index >= 15 is 0 Å². The van der Waals surface area contributed by atoms with Crippen molar-refractivity contribution >= 4 is 5.97 Å². The van der Waals surface area contributed by atoms with Crippen LogP contribution in [-0.2, 0) is 20.9 Å². The Morgan fingerprint density at radius 2 is 1.83 bits per heavy atom. The first kappa shape index (κ1) is 35.9. The number of carboxylic acid groups (broad SMARTS) is 1. The normalized spacial score (nSPS) is 44.3. The zero-order chi connectivity index (χ0) is 35.2. The van der Waals surface area contributed by atoms with Crippen LogP contribution in [0, 0.1) is 62.6 Å². The highest BCUT2D eigenvalue weighted by atomic mass is 16.5. The average molecular weight is 670 g/mol. The maximum absolute atomic E-state index is 13.4. The number of aliphatic hydroxyl groups excluding tert-OH is 1. The molecule has 0 amide bonds. The summed E-state index contributed by atoms with van der Waals surface area (Å²) in [7, 11) is 0. The Morgan fingerprint density at radius 1 is 1.12 bits per heavy atom. The topological polar surface area (TPSA) is 146 Å². The van der Waals surface area contributed by atoms with Gasteiger partial charge in [0.1, 0.15) is 6.61 Å². The molecule has 12 atom stereocenters. The molecule has 4 aliphatic carbocycles. The van der Waals surface area contributed by atoms with E-state index in [0.29, 0.717) is 43.4 Å². The number of nitrogens with zero attached hydrogens (tertiary/aromatic N) is 4. The first-order valence-corrected chi connectivity index (χ1v) is 18.6. The summed E-state index contributed by atoms with van der Waals surface area (Å²) in [5, 5.41) is 34.0. The molecule has 10 heteroatoms. The van der Waals surface area contributed by atoms with Crippen LogP contribution in [0.2, 0.25) is 0 Å². The number of carbonyl (C=O) groups is 1. The molecular formula is C38H63N5O5. The van der Waals surface area contributed by atoms with E-state index in [0.717, 1.165) is 38.5 Å². The summed E-state index contributed by atoms with van der Waals surface area (Å²) in [5.41, 5.74) is 6.27. The van der Waals surface area contributed by atoms with Gasteiger partial charge in [-0.15, -0.1) is 5.10 Å². The number of nitrogens with two attached hydrogens (primary N) is 1. The summed E-state index contributed by atoms with van der Waals surface area (Å²) in [6.07, 6.45) is 7.68. The van der Waals surface area contributed by atoms with Gasteiger partial charge in [-0.25, -0.2) is 4.68 Å². The Labute approximate surface area is 288 Å². The molecule has 5 aliphatic rings. The molecule has 3 saturated carbocycles. The molecule has 0 radical (unpaired) electrons. The van der Waals surface area contributed by atoms with Gasteiger partial charge in [-0.1, -0.05) is 74.0 Å². The lowest BCUT2D eigenvalue weighted by Gasteiger charge is -2.71. The van der Waals surface area contributed by atoms with Gasteiger partial charge < -0.3 is 25.4 Å². The Morgan fingerprint density at radius 3 is 2.46 bits per heavy atom. The fourth-order valence-corrected chi connectivity index (χ4v) is 12.1. The van der Waals surface area contributed by atoms with Crippen LogP contribution in [0.25, 0.3) is 0 Å². The van der Waals surface area contributed by atoms with Gasteiger partial charge in [0, 0.05) is 16.4 Å². The van der Waals surface area contributed by atoms with Gasteiger partial charge in [-0.2, -0.15) is 0 Å². The van der Waals surface area contributed by atoms with E-state index in [1.54, 1.807) is 0 Å². The molecule has 48 heavy (non-hydrogen) atoms. The van der Waals surface area contributed by atoms with Crippen molar-refractivity contribution in [1.82, 2.24) is 20.2 Å². The van der Waals surface area contributed by atoms with Crippen LogP contribution in [-0.4, -0.2) is 67.9 Å². The van der Waals surface area contributed by atoms with Crippen molar-refractivity contribution in [2.45, 2.75) is 132 Å². The molecule has 4 N–H and O–H groups in total. The van der Waals surface area contributed by atoms with Gasteiger partial charge in [0.25, 0.3) is 0 Å². The zero-order valence-corrected chi connectivity index (χ0v) is 31.3. The number of tetrazole rings is 1. The third kappa shape index (κ3) is 4.85. The zero-order valence-electron chi connectivity index (χ0n) is 31.3. The lowest BCUT2D eigenvalue weighted by Crippen LogP contribution is -2.69. The van der Waals surface area contributed by atoms with E-state index in [1.807, 2.05) is 11.6 Å². The number of aromatic nitrogens is 4. The molecular weight excluding hydrogens is 606 g/mol. The number of hydrogen-bond donors (Lipinski definition) is 3. The van der Waals surface area contributed by atoms with Crippen LogP contribution in [0.1, 0.15) is 120 Å². The second-order valence-electron chi connectivity index (χ2n) is 18.7. The number of rotatable bonds is 9. The molecule has 10 nitrogen and oxygen atoms in total. The van der Waals surface area contributed by atoms with Gasteiger partial charge in [-0.3, -0.25) is 4.79 Å². The van der Waals surface area contributed by atoms with E-state index in [9.17, 15) is 15.0 Å². The largest absolute Gasteiger partial charge is 0.481 e. The van der Waals surface area contributed by atoms with Crippen LogP contribution in [0.3, 0.4) is 0 Å². The summed E-state index contributed by atoms with van der Waals surface area (Å²) in [6, 6.07) is -0.218. The van der Waals surface area contributed by atoms with Crippen molar-refractivity contribution in [3.05, 3.63) is 17.5 Å². The Bertz CT molecular complexity index is 1430. The van der Waals surface area contributed by atoms with Crippen LogP contribution >= 0.6 is 0 Å². The standard InChI is InChI=1S/C38H63N5O5/c1-22(2)24(5)33(6)15-16-35(8)25-11-12-28-34(7)19-47-21-38(28,26(25)13-14-36(35,9)30(33)32(45)46)17-27(43-29(18-44)40-41-42-43)31(34)48-20-37(10,39)23(3)4/h13,22-25,27-28,30-31,44H,11-12,14-21,39H2,1-10H3,(H,45,46)/t24-,25+,27-,28+,30?,31+,33-,34-,35-,36+,37+,38+/m1/s1. The quantitative estimate of drug-likeness (QED) is 0.267. The average Bonchev–Trinajstić information content (AvgIpc) is 3.49. The molecule has 1 aromatic rings. The predicted molar refractivity (Wildman–Crippen MR) is 184 cm³/mol. The van der Waals surface area contributed by atoms with Crippen molar-refractivity contribution in [1.29, 1.82) is 0 Å². The van der Waals surface area contributed by atoms with E-state index in [1.165, 1.54) is 5.57 Å². The minimum atomic E-state index is -0.642. The second-order valence-corrected chi connectivity index (χ2v) is 18.7. The smallest absolute Gasteiger partial charge is 0.307 e. The molecule has 2 heterocycles. The molecule has 1 unspecified atom stereocenters. The van der Waals surface area contributed by atoms with Crippen LogP contribution in [0.15, 0.2) is 11.6 Å². The highest BCUT2D eigenvalue weighted by Gasteiger charge is 2.72. The Balaban J connectivity index is 1.46. The van der Waals surface area contributed by atoms with Gasteiger partial charge in [0.05, 0.1) is 37.9 Å². The number of aliphatic hydroxyl groups is 1. The number of carboxylic acids is 1. The third-order valence-corrected chi connectivity index (χ3v) is 16.0. The van der Waals surface area contributed by atoms with Crippen molar-refractivity contribution in [2.24, 2.45) is 68.3 Å². The third-order valence-electron chi connectivity index (χ3n) is 16.0. The molecule has 1 aromatic heterocycles. The summed E-state index contributed by atoms with van der Waals surface area (Å²) in [4.78, 5) is 13.4. The number of ether oxygens (including phenoxy) is 2. The number of hydrogen-bond acceptors (Lipinski definition) is 8. The Kier molecular flexibility index (Phi) is 8.86. The number of allylic oxidation sites excluding steroid dienone is 1.